The smallest absolute Gasteiger partial charge is 0.328 e. The van der Waals surface area contributed by atoms with Gasteiger partial charge in [-0.1, -0.05) is 6.07 Å². The molecular formula is C16H13FN2O4. The van der Waals surface area contributed by atoms with Crippen LogP contribution in [-0.4, -0.2) is 17.9 Å². The second-order valence-corrected chi connectivity index (χ2v) is 4.70. The van der Waals surface area contributed by atoms with Crippen molar-refractivity contribution >= 4 is 11.9 Å². The lowest BCUT2D eigenvalue weighted by Crippen LogP contribution is -2.39. The quantitative estimate of drug-likeness (QED) is 0.853. The summed E-state index contributed by atoms with van der Waals surface area (Å²) in [7, 11) is 0. The van der Waals surface area contributed by atoms with Gasteiger partial charge in [-0.05, 0) is 31.2 Å². The zero-order chi connectivity index (χ0) is 16.8. The van der Waals surface area contributed by atoms with Gasteiger partial charge in [-0.15, -0.1) is 0 Å². The molecule has 1 amide bonds. The number of ether oxygens (including phenoxy) is 1. The van der Waals surface area contributed by atoms with E-state index in [-0.39, 0.29) is 23.5 Å². The Kier molecular flexibility index (Phi) is 5.10. The number of hydrogen-bond donors (Lipinski definition) is 1. The van der Waals surface area contributed by atoms with Crippen molar-refractivity contribution in [3.05, 3.63) is 59.3 Å². The third kappa shape index (κ3) is 4.17. The topological polar surface area (TPSA) is 92.3 Å². The molecule has 0 spiro atoms. The predicted molar refractivity (Wildman–Crippen MR) is 76.5 cm³/mol. The average Bonchev–Trinajstić information content (AvgIpc) is 3.07. The summed E-state index contributed by atoms with van der Waals surface area (Å²) in [5.41, 5.74) is 0.318. The fourth-order valence-electron chi connectivity index (χ4n) is 1.74. The van der Waals surface area contributed by atoms with E-state index in [1.165, 1.54) is 31.4 Å². The van der Waals surface area contributed by atoms with E-state index in [1.807, 2.05) is 6.07 Å². The van der Waals surface area contributed by atoms with Crippen molar-refractivity contribution in [2.24, 2.45) is 0 Å². The van der Waals surface area contributed by atoms with Crippen molar-refractivity contribution in [2.75, 3.05) is 0 Å². The molecule has 0 radical (unpaired) electrons. The van der Waals surface area contributed by atoms with E-state index in [1.54, 1.807) is 6.07 Å². The maximum Gasteiger partial charge on any atom is 0.328 e. The van der Waals surface area contributed by atoms with Crippen LogP contribution in [0.4, 0.5) is 4.39 Å². The summed E-state index contributed by atoms with van der Waals surface area (Å²) in [5, 5.41) is 11.1. The van der Waals surface area contributed by atoms with Crippen molar-refractivity contribution in [2.45, 2.75) is 19.6 Å². The molecule has 1 N–H and O–H groups in total. The Morgan fingerprint density at radius 3 is 2.83 bits per heavy atom. The summed E-state index contributed by atoms with van der Waals surface area (Å²) in [6.07, 6.45) is 1.34. The first-order valence-corrected chi connectivity index (χ1v) is 6.71. The lowest BCUT2D eigenvalue weighted by Gasteiger charge is -2.13. The molecule has 0 aliphatic rings. The number of amides is 1. The van der Waals surface area contributed by atoms with Crippen molar-refractivity contribution in [3.8, 4) is 6.07 Å². The molecule has 6 nitrogen and oxygen atoms in total. The molecule has 0 fully saturated rings. The molecule has 1 heterocycles. The van der Waals surface area contributed by atoms with E-state index >= 15 is 0 Å². The summed E-state index contributed by atoms with van der Waals surface area (Å²) in [6.45, 7) is 1.15. The second kappa shape index (κ2) is 7.22. The van der Waals surface area contributed by atoms with Crippen LogP contribution < -0.4 is 5.32 Å². The average molecular weight is 316 g/mol. The molecule has 7 heteroatoms. The number of furan rings is 1. The largest absolute Gasteiger partial charge is 0.459 e. The summed E-state index contributed by atoms with van der Waals surface area (Å²) in [5.74, 6) is -1.83. The third-order valence-electron chi connectivity index (χ3n) is 3.00. The van der Waals surface area contributed by atoms with Crippen LogP contribution in [0.15, 0.2) is 41.0 Å². The van der Waals surface area contributed by atoms with Crippen LogP contribution in [0.2, 0.25) is 0 Å². The summed E-state index contributed by atoms with van der Waals surface area (Å²) in [6, 6.07) is 7.75. The molecular weight excluding hydrogens is 303 g/mol. The lowest BCUT2D eigenvalue weighted by atomic mass is 10.1. The monoisotopic (exact) mass is 316 g/mol. The van der Waals surface area contributed by atoms with E-state index in [2.05, 4.69) is 5.32 Å². The maximum absolute atomic E-state index is 13.7. The van der Waals surface area contributed by atoms with E-state index in [9.17, 15) is 14.0 Å². The van der Waals surface area contributed by atoms with Gasteiger partial charge in [-0.3, -0.25) is 4.79 Å². The van der Waals surface area contributed by atoms with Crippen LogP contribution in [0, 0.1) is 17.1 Å². The Balaban J connectivity index is 1.89. The SMILES string of the molecule is C[C@H](NC(=O)c1ccco1)C(=O)OCc1ccc(C#N)cc1F. The highest BCUT2D eigenvalue weighted by atomic mass is 19.1. The minimum absolute atomic E-state index is 0.0720. The van der Waals surface area contributed by atoms with Gasteiger partial charge in [0, 0.05) is 5.56 Å². The molecule has 23 heavy (non-hydrogen) atoms. The molecule has 0 saturated carbocycles. The Labute approximate surface area is 131 Å². The molecule has 2 rings (SSSR count). The van der Waals surface area contributed by atoms with E-state index in [4.69, 9.17) is 14.4 Å². The summed E-state index contributed by atoms with van der Waals surface area (Å²) in [4.78, 5) is 23.5. The van der Waals surface area contributed by atoms with E-state index < -0.39 is 23.7 Å². The Morgan fingerprint density at radius 1 is 1.43 bits per heavy atom. The van der Waals surface area contributed by atoms with Crippen molar-refractivity contribution in [1.29, 1.82) is 5.26 Å². The highest BCUT2D eigenvalue weighted by molar-refractivity contribution is 5.94. The molecule has 0 unspecified atom stereocenters. The van der Waals surface area contributed by atoms with Gasteiger partial charge in [0.25, 0.3) is 5.91 Å². The summed E-state index contributed by atoms with van der Waals surface area (Å²) >= 11 is 0. The lowest BCUT2D eigenvalue weighted by molar-refractivity contribution is -0.146. The molecule has 1 aromatic heterocycles. The van der Waals surface area contributed by atoms with Gasteiger partial charge < -0.3 is 14.5 Å². The number of rotatable bonds is 5. The molecule has 0 saturated heterocycles. The molecule has 1 atom stereocenters. The predicted octanol–water partition coefficient (Wildman–Crippen LogP) is 2.15. The molecule has 0 aliphatic heterocycles. The number of carbonyl (C=O) groups excluding carboxylic acids is 2. The number of hydrogen-bond acceptors (Lipinski definition) is 5. The maximum atomic E-state index is 13.7. The number of nitrogens with one attached hydrogen (secondary N) is 1. The van der Waals surface area contributed by atoms with Crippen molar-refractivity contribution in [3.63, 3.8) is 0 Å². The first kappa shape index (κ1) is 16.2. The number of nitriles is 1. The van der Waals surface area contributed by atoms with E-state index in [0.29, 0.717) is 0 Å². The highest BCUT2D eigenvalue weighted by Crippen LogP contribution is 2.11. The number of nitrogens with zero attached hydrogens (tertiary/aromatic N) is 1. The van der Waals surface area contributed by atoms with Gasteiger partial charge in [-0.25, -0.2) is 9.18 Å². The second-order valence-electron chi connectivity index (χ2n) is 4.70. The molecule has 118 valence electrons. The third-order valence-corrected chi connectivity index (χ3v) is 3.00. The van der Waals surface area contributed by atoms with Crippen LogP contribution >= 0.6 is 0 Å². The molecule has 1 aromatic carbocycles. The molecule has 0 aliphatic carbocycles. The van der Waals surface area contributed by atoms with Crippen LogP contribution in [0.1, 0.15) is 28.6 Å². The van der Waals surface area contributed by atoms with Gasteiger partial charge in [0.15, 0.2) is 5.76 Å². The summed E-state index contributed by atoms with van der Waals surface area (Å²) < 4.78 is 23.5. The van der Waals surface area contributed by atoms with E-state index in [0.717, 1.165) is 6.07 Å². The zero-order valence-electron chi connectivity index (χ0n) is 12.2. The first-order chi connectivity index (χ1) is 11.0. The van der Waals surface area contributed by atoms with Gasteiger partial charge in [0.1, 0.15) is 18.5 Å². The first-order valence-electron chi connectivity index (χ1n) is 6.71. The molecule has 2 aromatic rings. The number of esters is 1. The van der Waals surface area contributed by atoms with Gasteiger partial charge in [-0.2, -0.15) is 5.26 Å². The standard InChI is InChI=1S/C16H13FN2O4/c1-10(19-15(20)14-3-2-6-22-14)16(21)23-9-12-5-4-11(8-18)7-13(12)17/h2-7,10H,9H2,1H3,(H,19,20)/t10-/m0/s1. The Bertz CT molecular complexity index is 750. The molecule has 0 bridgehead atoms. The minimum atomic E-state index is -0.922. The Hall–Kier alpha value is -3.14. The number of carbonyl (C=O) groups is 2. The van der Waals surface area contributed by atoms with Crippen LogP contribution in [0.5, 0.6) is 0 Å². The zero-order valence-corrected chi connectivity index (χ0v) is 12.2. The highest BCUT2D eigenvalue weighted by Gasteiger charge is 2.19. The number of benzene rings is 1. The van der Waals surface area contributed by atoms with Crippen LogP contribution in [-0.2, 0) is 16.1 Å². The fourth-order valence-corrected chi connectivity index (χ4v) is 1.74. The van der Waals surface area contributed by atoms with Crippen LogP contribution in [0.25, 0.3) is 0 Å². The number of halogens is 1. The minimum Gasteiger partial charge on any atom is -0.459 e. The van der Waals surface area contributed by atoms with Crippen molar-refractivity contribution in [1.82, 2.24) is 5.32 Å². The van der Waals surface area contributed by atoms with Gasteiger partial charge in [0.05, 0.1) is 17.9 Å². The fraction of sp³-hybridized carbons (Fsp3) is 0.188. The van der Waals surface area contributed by atoms with Gasteiger partial charge >= 0.3 is 5.97 Å². The van der Waals surface area contributed by atoms with Gasteiger partial charge in [0.2, 0.25) is 0 Å². The van der Waals surface area contributed by atoms with Crippen LogP contribution in [0.3, 0.4) is 0 Å². The Morgan fingerprint density at radius 2 is 2.22 bits per heavy atom. The van der Waals surface area contributed by atoms with Crippen molar-refractivity contribution < 1.29 is 23.1 Å². The normalized spacial score (nSPS) is 11.3.